The molecule has 3 aromatic rings. The lowest BCUT2D eigenvalue weighted by Crippen LogP contribution is -2.19. The van der Waals surface area contributed by atoms with Crippen LogP contribution in [0.2, 0.25) is 0 Å². The van der Waals surface area contributed by atoms with E-state index in [1.165, 1.54) is 18.3 Å². The third-order valence-electron chi connectivity index (χ3n) is 3.83. The molecule has 0 unspecified atom stereocenters. The number of hydrogen-bond acceptors (Lipinski definition) is 8. The highest BCUT2D eigenvalue weighted by Gasteiger charge is 2.13. The minimum absolute atomic E-state index is 0.0380. The van der Waals surface area contributed by atoms with Crippen LogP contribution in [0.1, 0.15) is 23.1 Å². The summed E-state index contributed by atoms with van der Waals surface area (Å²) in [5.41, 5.74) is 9.44. The van der Waals surface area contributed by atoms with E-state index in [2.05, 4.69) is 36.7 Å². The smallest absolute Gasteiger partial charge is 0.247 e. The zero-order valence-corrected chi connectivity index (χ0v) is 18.9. The van der Waals surface area contributed by atoms with Crippen LogP contribution in [0.15, 0.2) is 46.0 Å². The Bertz CT molecular complexity index is 1080. The van der Waals surface area contributed by atoms with Gasteiger partial charge in [0.2, 0.25) is 11.0 Å². The maximum Gasteiger partial charge on any atom is 0.247 e. The highest BCUT2D eigenvalue weighted by molar-refractivity contribution is 9.10. The fraction of sp³-hybridized carbons (Fsp3) is 0.200. The summed E-state index contributed by atoms with van der Waals surface area (Å²) in [7, 11) is 0. The number of benzene rings is 2. The Balaban J connectivity index is 1.66. The molecule has 0 aliphatic rings. The van der Waals surface area contributed by atoms with Crippen LogP contribution < -0.4 is 20.6 Å². The number of aromatic nitrogens is 2. The van der Waals surface area contributed by atoms with Crippen LogP contribution in [-0.2, 0) is 17.8 Å². The number of carbonyl (C=O) groups is 1. The first-order valence-corrected chi connectivity index (χ1v) is 10.8. The molecule has 0 atom stereocenters. The van der Waals surface area contributed by atoms with Crippen LogP contribution in [0.4, 0.5) is 9.52 Å². The topological polar surface area (TPSA) is 112 Å². The van der Waals surface area contributed by atoms with E-state index < -0.39 is 0 Å². The first-order valence-electron chi connectivity index (χ1n) is 9.18. The number of nitrogen functional groups attached to an aromatic ring is 1. The molecule has 1 amide bonds. The molecule has 0 saturated carbocycles. The van der Waals surface area contributed by atoms with Crippen molar-refractivity contribution in [2.24, 2.45) is 5.10 Å². The van der Waals surface area contributed by atoms with Crippen LogP contribution in [0.25, 0.3) is 0 Å². The number of anilines is 1. The van der Waals surface area contributed by atoms with Gasteiger partial charge in [-0.15, -0.1) is 10.2 Å². The molecule has 3 N–H and O–H groups in total. The van der Waals surface area contributed by atoms with Crippen molar-refractivity contribution in [2.75, 3.05) is 12.3 Å². The maximum atomic E-state index is 13.1. The second-order valence-corrected chi connectivity index (χ2v) is 8.13. The lowest BCUT2D eigenvalue weighted by Gasteiger charge is -2.14. The number of nitrogens with zero attached hydrogens (tertiary/aromatic N) is 3. The number of carbonyl (C=O) groups excluding carboxylic acids is 1. The molecule has 1 aromatic heterocycles. The summed E-state index contributed by atoms with van der Waals surface area (Å²) in [5, 5.41) is 12.2. The average molecular weight is 508 g/mol. The molecule has 0 aliphatic carbocycles. The van der Waals surface area contributed by atoms with Gasteiger partial charge < -0.3 is 15.2 Å². The Hall–Kier alpha value is -3.05. The largest absolute Gasteiger partial charge is 0.490 e. The van der Waals surface area contributed by atoms with E-state index in [1.54, 1.807) is 24.3 Å². The van der Waals surface area contributed by atoms with Gasteiger partial charge in [0.05, 0.1) is 23.7 Å². The van der Waals surface area contributed by atoms with Crippen LogP contribution in [0.3, 0.4) is 0 Å². The van der Waals surface area contributed by atoms with Gasteiger partial charge in [-0.25, -0.2) is 9.82 Å². The second-order valence-electron chi connectivity index (χ2n) is 6.18. The Labute approximate surface area is 190 Å². The van der Waals surface area contributed by atoms with Gasteiger partial charge in [0.25, 0.3) is 0 Å². The van der Waals surface area contributed by atoms with Gasteiger partial charge in [0, 0.05) is 0 Å². The molecule has 3 rings (SSSR count). The van der Waals surface area contributed by atoms with Crippen LogP contribution in [0.5, 0.6) is 11.5 Å². The van der Waals surface area contributed by atoms with E-state index in [0.29, 0.717) is 38.3 Å². The Morgan fingerprint density at radius 2 is 2.06 bits per heavy atom. The molecule has 0 bridgehead atoms. The standard InChI is InChI=1S/C20H19BrFN5O3S/c1-2-29-16-8-13(10-24-25-17(28)9-18-26-27-20(23)31-18)7-15(21)19(16)30-11-12-3-5-14(22)6-4-12/h3-8,10H,2,9,11H2,1H3,(H2,23,27)(H,25,28)/b24-10-. The molecule has 0 fully saturated rings. The zero-order chi connectivity index (χ0) is 22.2. The van der Waals surface area contributed by atoms with Crippen molar-refractivity contribution < 1.29 is 18.7 Å². The Morgan fingerprint density at radius 3 is 2.74 bits per heavy atom. The molecular weight excluding hydrogens is 489 g/mol. The van der Waals surface area contributed by atoms with E-state index in [0.717, 1.165) is 16.9 Å². The third-order valence-corrected chi connectivity index (χ3v) is 5.17. The monoisotopic (exact) mass is 507 g/mol. The Morgan fingerprint density at radius 1 is 1.29 bits per heavy atom. The van der Waals surface area contributed by atoms with Crippen molar-refractivity contribution >= 4 is 44.5 Å². The SMILES string of the molecule is CCOc1cc(/C=N\NC(=O)Cc2nnc(N)s2)cc(Br)c1OCc1ccc(F)cc1. The number of hydrogen-bond donors (Lipinski definition) is 2. The van der Waals surface area contributed by atoms with E-state index in [-0.39, 0.29) is 24.8 Å². The van der Waals surface area contributed by atoms with Crippen LogP contribution in [0, 0.1) is 5.82 Å². The van der Waals surface area contributed by atoms with Crippen molar-refractivity contribution in [2.45, 2.75) is 20.0 Å². The minimum Gasteiger partial charge on any atom is -0.490 e. The van der Waals surface area contributed by atoms with Crippen molar-refractivity contribution in [1.29, 1.82) is 0 Å². The lowest BCUT2D eigenvalue weighted by atomic mass is 10.2. The quantitative estimate of drug-likeness (QED) is 0.337. The summed E-state index contributed by atoms with van der Waals surface area (Å²) in [6.45, 7) is 2.54. The van der Waals surface area contributed by atoms with Gasteiger partial charge in [0.15, 0.2) is 11.5 Å². The summed E-state index contributed by atoms with van der Waals surface area (Å²) in [5.74, 6) is 0.385. The molecule has 8 nitrogen and oxygen atoms in total. The van der Waals surface area contributed by atoms with Gasteiger partial charge in [-0.3, -0.25) is 4.79 Å². The molecular formula is C20H19BrFN5O3S. The zero-order valence-electron chi connectivity index (χ0n) is 16.5. The molecule has 2 aromatic carbocycles. The predicted molar refractivity (Wildman–Crippen MR) is 120 cm³/mol. The normalized spacial score (nSPS) is 10.9. The van der Waals surface area contributed by atoms with Crippen LogP contribution >= 0.6 is 27.3 Å². The predicted octanol–water partition coefficient (Wildman–Crippen LogP) is 3.69. The second kappa shape index (κ2) is 10.8. The van der Waals surface area contributed by atoms with E-state index in [9.17, 15) is 9.18 Å². The number of hydrazone groups is 1. The number of rotatable bonds is 9. The number of ether oxygens (including phenoxy) is 2. The first kappa shape index (κ1) is 22.6. The van der Waals surface area contributed by atoms with Crippen molar-refractivity contribution in [3.63, 3.8) is 0 Å². The van der Waals surface area contributed by atoms with Gasteiger partial charge >= 0.3 is 0 Å². The van der Waals surface area contributed by atoms with Gasteiger partial charge in [0.1, 0.15) is 17.4 Å². The summed E-state index contributed by atoms with van der Waals surface area (Å²) in [6.07, 6.45) is 1.53. The van der Waals surface area contributed by atoms with E-state index in [1.807, 2.05) is 6.92 Å². The summed E-state index contributed by atoms with van der Waals surface area (Å²) >= 11 is 4.63. The number of nitrogens with two attached hydrogens (primary N) is 1. The minimum atomic E-state index is -0.337. The molecule has 0 radical (unpaired) electrons. The fourth-order valence-corrected chi connectivity index (χ4v) is 3.68. The Kier molecular flexibility index (Phi) is 7.90. The van der Waals surface area contributed by atoms with Crippen molar-refractivity contribution in [1.82, 2.24) is 15.6 Å². The molecule has 0 spiro atoms. The number of halogens is 2. The van der Waals surface area contributed by atoms with Gasteiger partial charge in [-0.2, -0.15) is 5.10 Å². The number of nitrogens with one attached hydrogen (secondary N) is 1. The highest BCUT2D eigenvalue weighted by Crippen LogP contribution is 2.37. The van der Waals surface area contributed by atoms with Crippen molar-refractivity contribution in [3.8, 4) is 11.5 Å². The molecule has 1 heterocycles. The maximum absolute atomic E-state index is 13.1. The lowest BCUT2D eigenvalue weighted by molar-refractivity contribution is -0.120. The highest BCUT2D eigenvalue weighted by atomic mass is 79.9. The number of amides is 1. The summed E-state index contributed by atoms with van der Waals surface area (Å²) in [4.78, 5) is 11.9. The van der Waals surface area contributed by atoms with Gasteiger partial charge in [-0.05, 0) is 58.2 Å². The first-order chi connectivity index (χ1) is 14.9. The molecule has 162 valence electrons. The van der Waals surface area contributed by atoms with E-state index in [4.69, 9.17) is 15.2 Å². The van der Waals surface area contributed by atoms with Crippen molar-refractivity contribution in [3.05, 3.63) is 62.8 Å². The average Bonchev–Trinajstić information content (AvgIpc) is 3.13. The molecule has 0 saturated heterocycles. The summed E-state index contributed by atoms with van der Waals surface area (Å²) < 4.78 is 25.3. The summed E-state index contributed by atoms with van der Waals surface area (Å²) in [6, 6.07) is 9.60. The molecule has 0 aliphatic heterocycles. The van der Waals surface area contributed by atoms with Gasteiger partial charge in [-0.1, -0.05) is 23.5 Å². The van der Waals surface area contributed by atoms with Crippen LogP contribution in [-0.4, -0.2) is 28.9 Å². The molecule has 11 heteroatoms. The molecule has 31 heavy (non-hydrogen) atoms. The third kappa shape index (κ3) is 6.72. The fourth-order valence-electron chi connectivity index (χ4n) is 2.50. The van der Waals surface area contributed by atoms with E-state index >= 15 is 0 Å².